The van der Waals surface area contributed by atoms with Crippen molar-refractivity contribution in [1.82, 2.24) is 19.3 Å². The van der Waals surface area contributed by atoms with Gasteiger partial charge in [-0.05, 0) is 17.7 Å². The van der Waals surface area contributed by atoms with E-state index in [-0.39, 0.29) is 6.54 Å². The maximum absolute atomic E-state index is 11.3. The van der Waals surface area contributed by atoms with E-state index < -0.39 is 10.0 Å². The lowest BCUT2D eigenvalue weighted by Crippen LogP contribution is -2.23. The van der Waals surface area contributed by atoms with Crippen LogP contribution in [0.1, 0.15) is 11.4 Å². The van der Waals surface area contributed by atoms with Gasteiger partial charge in [0.15, 0.2) is 5.65 Å². The highest BCUT2D eigenvalue weighted by atomic mass is 32.2. The Bertz CT molecular complexity index is 888. The molecule has 0 aliphatic heterocycles. The number of imidazole rings is 1. The molecule has 0 radical (unpaired) electrons. The molecule has 22 heavy (non-hydrogen) atoms. The third kappa shape index (κ3) is 3.32. The van der Waals surface area contributed by atoms with Crippen LogP contribution in [0.3, 0.4) is 0 Å². The number of nitrogens with zero attached hydrogens (tertiary/aromatic N) is 3. The number of fused-ring (bicyclic) bond motifs is 1. The van der Waals surface area contributed by atoms with Gasteiger partial charge in [-0.15, -0.1) is 0 Å². The van der Waals surface area contributed by atoms with Crippen LogP contribution in [0.2, 0.25) is 0 Å². The van der Waals surface area contributed by atoms with Crippen LogP contribution in [-0.2, 0) is 23.1 Å². The van der Waals surface area contributed by atoms with Gasteiger partial charge < -0.3 is 4.57 Å². The van der Waals surface area contributed by atoms with E-state index in [0.29, 0.717) is 12.4 Å². The van der Waals surface area contributed by atoms with Gasteiger partial charge in [-0.3, -0.25) is 0 Å². The summed E-state index contributed by atoms with van der Waals surface area (Å²) in [6.45, 7) is 0.733. The zero-order valence-corrected chi connectivity index (χ0v) is 12.9. The molecule has 0 spiro atoms. The van der Waals surface area contributed by atoms with Gasteiger partial charge in [0, 0.05) is 6.20 Å². The average Bonchev–Trinajstić information content (AvgIpc) is 2.84. The van der Waals surface area contributed by atoms with Crippen LogP contribution in [0.4, 0.5) is 0 Å². The Labute approximate surface area is 128 Å². The molecule has 7 heteroatoms. The van der Waals surface area contributed by atoms with E-state index in [0.717, 1.165) is 23.0 Å². The van der Waals surface area contributed by atoms with Crippen molar-refractivity contribution in [2.75, 3.05) is 6.26 Å². The molecule has 0 bridgehead atoms. The van der Waals surface area contributed by atoms with Gasteiger partial charge >= 0.3 is 0 Å². The van der Waals surface area contributed by atoms with Gasteiger partial charge in [0.1, 0.15) is 11.3 Å². The Kier molecular flexibility index (Phi) is 3.91. The molecule has 0 aliphatic carbocycles. The first kappa shape index (κ1) is 14.7. The molecule has 0 saturated carbocycles. The number of pyridine rings is 1. The Hall–Kier alpha value is -2.25. The Morgan fingerprint density at radius 1 is 1.14 bits per heavy atom. The molecule has 0 fully saturated rings. The van der Waals surface area contributed by atoms with Gasteiger partial charge in [-0.25, -0.2) is 23.1 Å². The predicted molar refractivity (Wildman–Crippen MR) is 84.8 cm³/mol. The summed E-state index contributed by atoms with van der Waals surface area (Å²) in [6, 6.07) is 13.6. The van der Waals surface area contributed by atoms with E-state index in [1.165, 1.54) is 0 Å². The minimum absolute atomic E-state index is 0.141. The third-order valence-electron chi connectivity index (χ3n) is 3.26. The molecule has 0 amide bonds. The zero-order valence-electron chi connectivity index (χ0n) is 12.1. The Morgan fingerprint density at radius 2 is 1.91 bits per heavy atom. The molecular formula is C15H16N4O2S. The van der Waals surface area contributed by atoms with E-state index in [1.807, 2.05) is 47.0 Å². The van der Waals surface area contributed by atoms with Crippen LogP contribution in [0, 0.1) is 0 Å². The van der Waals surface area contributed by atoms with E-state index in [4.69, 9.17) is 0 Å². The summed E-state index contributed by atoms with van der Waals surface area (Å²) in [5.74, 6) is 0.642. The smallest absolute Gasteiger partial charge is 0.209 e. The highest BCUT2D eigenvalue weighted by Gasteiger charge is 2.13. The quantitative estimate of drug-likeness (QED) is 0.774. The highest BCUT2D eigenvalue weighted by Crippen LogP contribution is 2.16. The zero-order chi connectivity index (χ0) is 15.6. The topological polar surface area (TPSA) is 76.9 Å². The molecule has 3 rings (SSSR count). The summed E-state index contributed by atoms with van der Waals surface area (Å²) >= 11 is 0. The lowest BCUT2D eigenvalue weighted by atomic mass is 10.2. The molecule has 114 valence electrons. The summed E-state index contributed by atoms with van der Waals surface area (Å²) in [5.41, 5.74) is 2.61. The molecule has 3 aromatic rings. The van der Waals surface area contributed by atoms with Crippen molar-refractivity contribution in [2.24, 2.45) is 0 Å². The van der Waals surface area contributed by atoms with Crippen molar-refractivity contribution in [3.63, 3.8) is 0 Å². The van der Waals surface area contributed by atoms with Gasteiger partial charge in [-0.1, -0.05) is 30.3 Å². The van der Waals surface area contributed by atoms with Gasteiger partial charge in [0.2, 0.25) is 10.0 Å². The summed E-state index contributed by atoms with van der Waals surface area (Å²) in [7, 11) is -3.27. The molecule has 0 unspecified atom stereocenters. The first-order valence-electron chi connectivity index (χ1n) is 6.81. The number of rotatable bonds is 5. The number of hydrogen-bond acceptors (Lipinski definition) is 4. The monoisotopic (exact) mass is 316 g/mol. The van der Waals surface area contributed by atoms with Crippen LogP contribution in [0.15, 0.2) is 48.7 Å². The second kappa shape index (κ2) is 5.86. The summed E-state index contributed by atoms with van der Waals surface area (Å²) in [4.78, 5) is 8.85. The maximum atomic E-state index is 11.3. The number of hydrogen-bond donors (Lipinski definition) is 1. The van der Waals surface area contributed by atoms with Crippen molar-refractivity contribution >= 4 is 21.2 Å². The average molecular weight is 316 g/mol. The molecule has 1 aromatic carbocycles. The van der Waals surface area contributed by atoms with Gasteiger partial charge in [0.05, 0.1) is 19.3 Å². The molecule has 2 aromatic heterocycles. The van der Waals surface area contributed by atoms with Gasteiger partial charge in [-0.2, -0.15) is 0 Å². The first-order chi connectivity index (χ1) is 10.5. The third-order valence-corrected chi connectivity index (χ3v) is 3.93. The van der Waals surface area contributed by atoms with E-state index >= 15 is 0 Å². The van der Waals surface area contributed by atoms with Crippen molar-refractivity contribution in [1.29, 1.82) is 0 Å². The molecule has 0 aliphatic rings. The van der Waals surface area contributed by atoms with Crippen molar-refractivity contribution < 1.29 is 8.42 Å². The van der Waals surface area contributed by atoms with Crippen molar-refractivity contribution in [2.45, 2.75) is 13.1 Å². The van der Waals surface area contributed by atoms with Crippen molar-refractivity contribution in [3.8, 4) is 0 Å². The van der Waals surface area contributed by atoms with Crippen LogP contribution in [0.25, 0.3) is 11.2 Å². The van der Waals surface area contributed by atoms with Crippen LogP contribution in [0.5, 0.6) is 0 Å². The van der Waals surface area contributed by atoms with Crippen LogP contribution in [-0.4, -0.2) is 29.2 Å². The second-order valence-corrected chi connectivity index (χ2v) is 6.87. The fourth-order valence-corrected chi connectivity index (χ4v) is 2.66. The largest absolute Gasteiger partial charge is 0.307 e. The maximum Gasteiger partial charge on any atom is 0.209 e. The van der Waals surface area contributed by atoms with E-state index in [2.05, 4.69) is 14.7 Å². The van der Waals surface area contributed by atoms with E-state index in [1.54, 1.807) is 6.20 Å². The molecule has 0 atom stereocenters. The summed E-state index contributed by atoms with van der Waals surface area (Å²) in [6.07, 6.45) is 2.84. The molecule has 0 saturated heterocycles. The second-order valence-electron chi connectivity index (χ2n) is 5.04. The van der Waals surface area contributed by atoms with Crippen LogP contribution >= 0.6 is 0 Å². The van der Waals surface area contributed by atoms with E-state index in [9.17, 15) is 8.42 Å². The van der Waals surface area contributed by atoms with Gasteiger partial charge in [0.25, 0.3) is 0 Å². The first-order valence-corrected chi connectivity index (χ1v) is 8.71. The molecule has 6 nitrogen and oxygen atoms in total. The summed E-state index contributed by atoms with van der Waals surface area (Å²) < 4.78 is 27.1. The Balaban J connectivity index is 2.01. The predicted octanol–water partition coefficient (Wildman–Crippen LogP) is 1.53. The number of benzene rings is 1. The number of aromatic nitrogens is 3. The lowest BCUT2D eigenvalue weighted by molar-refractivity contribution is 0.582. The normalized spacial score (nSPS) is 11.9. The highest BCUT2D eigenvalue weighted by molar-refractivity contribution is 7.88. The summed E-state index contributed by atoms with van der Waals surface area (Å²) in [5, 5.41) is 0. The molecule has 1 N–H and O–H groups in total. The lowest BCUT2D eigenvalue weighted by Gasteiger charge is -2.09. The van der Waals surface area contributed by atoms with Crippen molar-refractivity contribution in [3.05, 3.63) is 60.0 Å². The molecule has 2 heterocycles. The minimum atomic E-state index is -3.27. The molecular weight excluding hydrogens is 300 g/mol. The minimum Gasteiger partial charge on any atom is -0.307 e. The SMILES string of the molecule is CS(=O)(=O)NCc1nc2cccnc2n1Cc1ccccc1. The number of nitrogens with one attached hydrogen (secondary N) is 1. The number of sulfonamides is 1. The van der Waals surface area contributed by atoms with Crippen LogP contribution < -0.4 is 4.72 Å². The Morgan fingerprint density at radius 3 is 2.64 bits per heavy atom. The standard InChI is InChI=1S/C15H16N4O2S/c1-22(20,21)17-10-14-18-13-8-5-9-16-15(13)19(14)11-12-6-3-2-4-7-12/h2-9,17H,10-11H2,1H3. The fourth-order valence-electron chi connectivity index (χ4n) is 2.27. The fraction of sp³-hybridized carbons (Fsp3) is 0.200.